The van der Waals surface area contributed by atoms with Gasteiger partial charge in [0.2, 0.25) is 5.78 Å². The molecule has 0 radical (unpaired) electrons. The van der Waals surface area contributed by atoms with Crippen molar-refractivity contribution in [1.82, 2.24) is 9.88 Å². The van der Waals surface area contributed by atoms with Gasteiger partial charge < -0.3 is 36.6 Å². The van der Waals surface area contributed by atoms with E-state index in [1.807, 2.05) is 0 Å². The average Bonchev–Trinajstić information content (AvgIpc) is 3.48. The van der Waals surface area contributed by atoms with Crippen LogP contribution >= 0.6 is 11.3 Å². The third-order valence-electron chi connectivity index (χ3n) is 9.23. The highest BCUT2D eigenvalue weighted by Crippen LogP contribution is 2.56. The van der Waals surface area contributed by atoms with Gasteiger partial charge in [0.15, 0.2) is 16.5 Å². The number of nitro groups is 1. The molecule has 6 rings (SSSR count). The summed E-state index contributed by atoms with van der Waals surface area (Å²) in [5.41, 5.74) is 1.87. The zero-order chi connectivity index (χ0) is 34.3. The number of nitrogens with two attached hydrogens (primary N) is 1. The highest BCUT2D eigenvalue weighted by molar-refractivity contribution is 7.14. The lowest BCUT2D eigenvalue weighted by Gasteiger charge is -2.53. The summed E-state index contributed by atoms with van der Waals surface area (Å²) >= 11 is 1.14. The number of anilines is 2. The molecule has 0 saturated heterocycles. The largest absolute Gasteiger partial charge is 0.508 e. The van der Waals surface area contributed by atoms with E-state index in [0.29, 0.717) is 16.8 Å². The number of phenolic OH excluding ortho intramolecular Hbond substituents is 1. The molecule has 1 heterocycles. The number of aromatic hydroxyl groups is 1. The molecule has 15 nitrogen and oxygen atoms in total. The second kappa shape index (κ2) is 11.0. The Balaban J connectivity index is 1.44. The van der Waals surface area contributed by atoms with Gasteiger partial charge in [-0.3, -0.25) is 29.4 Å². The second-order valence-corrected chi connectivity index (χ2v) is 12.8. The Morgan fingerprint density at radius 1 is 1.17 bits per heavy atom. The summed E-state index contributed by atoms with van der Waals surface area (Å²) in [6.07, 6.45) is -1.70. The third-order valence-corrected chi connectivity index (χ3v) is 9.99. The standard InChI is InChI=1S/C31H29N5O10S/c1-11-14-7-8-15(33-30-34-16(10-47-30)12-5-4-6-13(9-12)36(45)46)23(37)18(14)24(38)19-17(11)25(39)21-22(35(2)3)26(40)20(29(32)43)28(42)31(21,44)27(19)41/h4-11,17,21-22,25,37-39,42,44H,1-3H3,(H2,32,43)(H,33,34)/t11-,17-,21+,22-,25-,31+/m0/s1. The molecule has 1 amide bonds. The Hall–Kier alpha value is -5.16. The van der Waals surface area contributed by atoms with Crippen LogP contribution in [0.1, 0.15) is 24.0 Å². The smallest absolute Gasteiger partial charge is 0.270 e. The minimum atomic E-state index is -3.01. The molecule has 0 aliphatic heterocycles. The first-order valence-corrected chi connectivity index (χ1v) is 15.1. The maximum absolute atomic E-state index is 14.2. The number of phenols is 1. The molecule has 2 aromatic carbocycles. The molecule has 3 aromatic rings. The van der Waals surface area contributed by atoms with Crippen LogP contribution in [0.25, 0.3) is 17.0 Å². The molecule has 47 heavy (non-hydrogen) atoms. The van der Waals surface area contributed by atoms with Gasteiger partial charge in [-0.15, -0.1) is 11.3 Å². The number of non-ortho nitro benzene ring substituents is 1. The van der Waals surface area contributed by atoms with Gasteiger partial charge >= 0.3 is 0 Å². The number of aromatic nitrogens is 1. The van der Waals surface area contributed by atoms with Crippen LogP contribution in [0.2, 0.25) is 0 Å². The molecule has 0 spiro atoms. The van der Waals surface area contributed by atoms with Crippen molar-refractivity contribution in [3.63, 3.8) is 0 Å². The fourth-order valence-electron chi connectivity index (χ4n) is 7.08. The minimum Gasteiger partial charge on any atom is -0.508 e. The summed E-state index contributed by atoms with van der Waals surface area (Å²) < 4.78 is 0. The molecular formula is C31H29N5O10S. The number of thiazole rings is 1. The Labute approximate surface area is 270 Å². The summed E-state index contributed by atoms with van der Waals surface area (Å²) in [6, 6.07) is 7.53. The van der Waals surface area contributed by atoms with E-state index in [9.17, 15) is 50.0 Å². The lowest BCUT2D eigenvalue weighted by molar-refractivity contribution is -0.384. The maximum atomic E-state index is 14.2. The normalized spacial score (nSPS) is 27.0. The van der Waals surface area contributed by atoms with Gasteiger partial charge in [0.1, 0.15) is 22.8 Å². The number of carbonyl (C=O) groups excluding carboxylic acids is 3. The average molecular weight is 664 g/mol. The number of carbonyl (C=O) groups is 3. The number of fused-ring (bicyclic) bond motifs is 3. The van der Waals surface area contributed by atoms with E-state index >= 15 is 0 Å². The van der Waals surface area contributed by atoms with Crippen LogP contribution in [-0.2, 0) is 14.4 Å². The van der Waals surface area contributed by atoms with Crippen molar-refractivity contribution in [3.05, 3.63) is 79.9 Å². The maximum Gasteiger partial charge on any atom is 0.270 e. The van der Waals surface area contributed by atoms with Crippen molar-refractivity contribution >= 4 is 51.1 Å². The first-order valence-electron chi connectivity index (χ1n) is 14.3. The van der Waals surface area contributed by atoms with Gasteiger partial charge in [0.05, 0.1) is 39.9 Å². The van der Waals surface area contributed by atoms with Crippen LogP contribution in [0, 0.1) is 22.0 Å². The van der Waals surface area contributed by atoms with E-state index in [0.717, 1.165) is 11.3 Å². The third kappa shape index (κ3) is 4.51. The van der Waals surface area contributed by atoms with E-state index in [1.165, 1.54) is 43.3 Å². The molecular weight excluding hydrogens is 634 g/mol. The fourth-order valence-corrected chi connectivity index (χ4v) is 7.81. The van der Waals surface area contributed by atoms with Crippen molar-refractivity contribution < 1.29 is 44.8 Å². The Bertz CT molecular complexity index is 1970. The van der Waals surface area contributed by atoms with Crippen LogP contribution in [0.5, 0.6) is 5.75 Å². The molecule has 8 N–H and O–H groups in total. The van der Waals surface area contributed by atoms with Gasteiger partial charge in [0, 0.05) is 34.6 Å². The second-order valence-electron chi connectivity index (χ2n) is 11.9. The van der Waals surface area contributed by atoms with Crippen LogP contribution in [0.15, 0.2) is 58.7 Å². The summed E-state index contributed by atoms with van der Waals surface area (Å²) in [6.45, 7) is 1.63. The number of rotatable bonds is 6. The number of ketones is 2. The number of hydrogen-bond acceptors (Lipinski definition) is 14. The van der Waals surface area contributed by atoms with E-state index in [4.69, 9.17) is 5.73 Å². The molecule has 16 heteroatoms. The van der Waals surface area contributed by atoms with Crippen molar-refractivity contribution in [2.24, 2.45) is 17.6 Å². The predicted octanol–water partition coefficient (Wildman–Crippen LogP) is 2.27. The van der Waals surface area contributed by atoms with Crippen LogP contribution in [0.3, 0.4) is 0 Å². The van der Waals surface area contributed by atoms with Gasteiger partial charge in [-0.1, -0.05) is 25.1 Å². The number of aliphatic hydroxyl groups excluding tert-OH is 3. The Morgan fingerprint density at radius 3 is 2.51 bits per heavy atom. The molecule has 1 saturated carbocycles. The number of benzene rings is 2. The number of primary amides is 1. The van der Waals surface area contributed by atoms with Gasteiger partial charge in [-0.2, -0.15) is 0 Å². The predicted molar refractivity (Wildman–Crippen MR) is 168 cm³/mol. The van der Waals surface area contributed by atoms with Crippen LogP contribution in [0.4, 0.5) is 16.5 Å². The summed E-state index contributed by atoms with van der Waals surface area (Å²) in [4.78, 5) is 56.1. The highest BCUT2D eigenvalue weighted by Gasteiger charge is 2.68. The first-order chi connectivity index (χ1) is 22.1. The zero-order valence-electron chi connectivity index (χ0n) is 25.0. The van der Waals surface area contributed by atoms with Crippen LogP contribution < -0.4 is 11.1 Å². The lowest BCUT2D eigenvalue weighted by Crippen LogP contribution is -2.70. The van der Waals surface area contributed by atoms with E-state index in [-0.39, 0.29) is 22.1 Å². The molecule has 3 aliphatic carbocycles. The molecule has 1 aromatic heterocycles. The number of likely N-dealkylation sites (N-methyl/N-ethyl adjacent to an activating group) is 1. The molecule has 1 fully saturated rings. The van der Waals surface area contributed by atoms with Gasteiger partial charge in [-0.25, -0.2) is 4.98 Å². The molecule has 0 unspecified atom stereocenters. The molecule has 0 bridgehead atoms. The monoisotopic (exact) mass is 663 g/mol. The summed E-state index contributed by atoms with van der Waals surface area (Å²) in [7, 11) is 2.87. The summed E-state index contributed by atoms with van der Waals surface area (Å²) in [5, 5.41) is 73.6. The SMILES string of the molecule is C[C@H]1c2ccc(Nc3nc(-c4cccc([N+](=O)[O-])c4)cs3)c(O)c2C(O)=C2C(=O)[C@@]3(O)C(O)=C(C(N)=O)C(=O)[C@@H](N(C)C)[C@@H]3[C@@H](O)[C@H]21. The first kappa shape index (κ1) is 31.8. The van der Waals surface area contributed by atoms with Crippen molar-refractivity contribution in [3.8, 4) is 17.0 Å². The zero-order valence-corrected chi connectivity index (χ0v) is 25.8. The number of nitro benzene ring substituents is 1. The fraction of sp³-hybridized carbons (Fsp3) is 0.290. The number of amides is 1. The van der Waals surface area contributed by atoms with Gasteiger partial charge in [-0.05, 0) is 31.6 Å². The van der Waals surface area contributed by atoms with E-state index in [1.54, 1.807) is 24.4 Å². The van der Waals surface area contributed by atoms with Crippen molar-refractivity contribution in [1.29, 1.82) is 0 Å². The molecule has 6 atom stereocenters. The lowest BCUT2D eigenvalue weighted by atomic mass is 9.54. The topological polar surface area (TPSA) is 250 Å². The van der Waals surface area contributed by atoms with Crippen molar-refractivity contribution in [2.45, 2.75) is 30.6 Å². The van der Waals surface area contributed by atoms with Gasteiger partial charge in [0.25, 0.3) is 11.6 Å². The molecule has 244 valence electrons. The number of aliphatic hydroxyl groups is 4. The minimum absolute atomic E-state index is 0.0663. The summed E-state index contributed by atoms with van der Waals surface area (Å²) in [5.74, 6) is -9.82. The van der Waals surface area contributed by atoms with Crippen molar-refractivity contribution in [2.75, 3.05) is 19.4 Å². The molecule has 3 aliphatic rings. The highest BCUT2D eigenvalue weighted by atomic mass is 32.1. The number of Topliss-reactive ketones (excluding diaryl/α,β-unsaturated/α-hetero) is 2. The number of nitrogens with one attached hydrogen (secondary N) is 1. The number of nitrogens with zero attached hydrogens (tertiary/aromatic N) is 3. The number of hydrogen-bond donors (Lipinski definition) is 7. The van der Waals surface area contributed by atoms with Crippen LogP contribution in [-0.4, -0.2) is 89.7 Å². The Morgan fingerprint density at radius 2 is 1.87 bits per heavy atom. The Kier molecular flexibility index (Phi) is 7.43. The quantitative estimate of drug-likeness (QED) is 0.0866. The van der Waals surface area contributed by atoms with E-state index in [2.05, 4.69) is 10.3 Å². The van der Waals surface area contributed by atoms with E-state index < -0.39 is 86.3 Å².